The third kappa shape index (κ3) is 2.26. The van der Waals surface area contributed by atoms with Crippen molar-refractivity contribution in [1.82, 2.24) is 10.1 Å². The second-order valence-corrected chi connectivity index (χ2v) is 5.57. The summed E-state index contributed by atoms with van der Waals surface area (Å²) in [5, 5.41) is 12.7. The predicted octanol–water partition coefficient (Wildman–Crippen LogP) is 2.38. The first kappa shape index (κ1) is 11.7. The van der Waals surface area contributed by atoms with E-state index < -0.39 is 5.97 Å². The van der Waals surface area contributed by atoms with E-state index in [9.17, 15) is 4.79 Å². The first-order valence-electron chi connectivity index (χ1n) is 6.76. The maximum atomic E-state index is 10.4. The molecule has 2 bridgehead atoms. The van der Waals surface area contributed by atoms with Gasteiger partial charge in [-0.3, -0.25) is 4.79 Å². The lowest BCUT2D eigenvalue weighted by Crippen LogP contribution is -2.10. The standard InChI is InChI=1S/C13H18N2O3/c16-12(17)3-1-2-11-14-13(15-18-11)10-7-8-4-5-9(10)6-8/h8-10H,1-7H2,(H,16,17). The van der Waals surface area contributed by atoms with E-state index >= 15 is 0 Å². The minimum absolute atomic E-state index is 0.159. The van der Waals surface area contributed by atoms with Gasteiger partial charge < -0.3 is 9.63 Å². The van der Waals surface area contributed by atoms with E-state index in [1.807, 2.05) is 0 Å². The number of hydrogen-bond donors (Lipinski definition) is 1. The fourth-order valence-corrected chi connectivity index (χ4v) is 3.47. The van der Waals surface area contributed by atoms with Crippen LogP contribution in [0.1, 0.15) is 56.2 Å². The maximum absolute atomic E-state index is 10.4. The molecule has 1 aromatic heterocycles. The number of fused-ring (bicyclic) bond motifs is 2. The minimum Gasteiger partial charge on any atom is -0.481 e. The van der Waals surface area contributed by atoms with Crippen molar-refractivity contribution < 1.29 is 14.4 Å². The van der Waals surface area contributed by atoms with Gasteiger partial charge in [0.15, 0.2) is 5.82 Å². The van der Waals surface area contributed by atoms with E-state index in [0.717, 1.165) is 17.7 Å². The molecule has 2 fully saturated rings. The predicted molar refractivity (Wildman–Crippen MR) is 63.1 cm³/mol. The Balaban J connectivity index is 1.58. The summed E-state index contributed by atoms with van der Waals surface area (Å²) in [5.41, 5.74) is 0. The molecule has 18 heavy (non-hydrogen) atoms. The molecule has 0 aliphatic heterocycles. The number of hydrogen-bond acceptors (Lipinski definition) is 4. The van der Waals surface area contributed by atoms with Crippen LogP contribution < -0.4 is 0 Å². The number of aromatic nitrogens is 2. The summed E-state index contributed by atoms with van der Waals surface area (Å²) in [5.74, 6) is 2.78. The van der Waals surface area contributed by atoms with Gasteiger partial charge in [0.1, 0.15) is 0 Å². The Labute approximate surface area is 106 Å². The molecular weight excluding hydrogens is 232 g/mol. The average molecular weight is 250 g/mol. The number of nitrogens with zero attached hydrogens (tertiary/aromatic N) is 2. The van der Waals surface area contributed by atoms with Crippen LogP contribution in [0.3, 0.4) is 0 Å². The number of carboxylic acid groups (broad SMARTS) is 1. The normalized spacial score (nSPS) is 29.9. The van der Waals surface area contributed by atoms with Crippen LogP contribution in [-0.2, 0) is 11.2 Å². The van der Waals surface area contributed by atoms with Gasteiger partial charge in [-0.15, -0.1) is 0 Å². The number of aryl methyl sites for hydroxylation is 1. The van der Waals surface area contributed by atoms with Crippen LogP contribution in [0, 0.1) is 11.8 Å². The number of carbonyl (C=O) groups is 1. The van der Waals surface area contributed by atoms with E-state index in [0.29, 0.717) is 24.7 Å². The quantitative estimate of drug-likeness (QED) is 0.868. The average Bonchev–Trinajstić information content (AvgIpc) is 3.03. The third-order valence-corrected chi connectivity index (χ3v) is 4.33. The van der Waals surface area contributed by atoms with Gasteiger partial charge in [-0.1, -0.05) is 11.6 Å². The molecule has 0 spiro atoms. The van der Waals surface area contributed by atoms with Crippen LogP contribution in [0.2, 0.25) is 0 Å². The zero-order chi connectivity index (χ0) is 12.5. The second kappa shape index (κ2) is 4.71. The zero-order valence-electron chi connectivity index (χ0n) is 10.3. The summed E-state index contributed by atoms with van der Waals surface area (Å²) in [6, 6.07) is 0. The Morgan fingerprint density at radius 2 is 2.28 bits per heavy atom. The first-order valence-corrected chi connectivity index (χ1v) is 6.76. The van der Waals surface area contributed by atoms with Crippen LogP contribution >= 0.6 is 0 Å². The molecule has 0 aromatic carbocycles. The monoisotopic (exact) mass is 250 g/mol. The molecule has 3 unspecified atom stereocenters. The van der Waals surface area contributed by atoms with Crippen LogP contribution in [0.4, 0.5) is 0 Å². The highest BCUT2D eigenvalue weighted by Gasteiger charge is 2.42. The van der Waals surface area contributed by atoms with E-state index in [1.54, 1.807) is 0 Å². The molecule has 2 saturated carbocycles. The molecule has 0 radical (unpaired) electrons. The van der Waals surface area contributed by atoms with Gasteiger partial charge in [0.25, 0.3) is 0 Å². The Kier molecular flexibility index (Phi) is 3.06. The van der Waals surface area contributed by atoms with Crippen molar-refractivity contribution in [2.75, 3.05) is 0 Å². The van der Waals surface area contributed by atoms with Crippen molar-refractivity contribution in [2.24, 2.45) is 11.8 Å². The number of carboxylic acids is 1. The van der Waals surface area contributed by atoms with Crippen molar-refractivity contribution in [3.05, 3.63) is 11.7 Å². The van der Waals surface area contributed by atoms with Gasteiger partial charge in [-0.25, -0.2) is 0 Å². The Bertz CT molecular complexity index is 443. The molecule has 3 atom stereocenters. The van der Waals surface area contributed by atoms with E-state index in [1.165, 1.54) is 25.7 Å². The largest absolute Gasteiger partial charge is 0.481 e. The highest BCUT2D eigenvalue weighted by atomic mass is 16.5. The zero-order valence-corrected chi connectivity index (χ0v) is 10.3. The van der Waals surface area contributed by atoms with E-state index in [4.69, 9.17) is 9.63 Å². The van der Waals surface area contributed by atoms with Crippen molar-refractivity contribution >= 4 is 5.97 Å². The van der Waals surface area contributed by atoms with Gasteiger partial charge in [0.2, 0.25) is 5.89 Å². The molecule has 0 saturated heterocycles. The second-order valence-electron chi connectivity index (χ2n) is 5.57. The van der Waals surface area contributed by atoms with Crippen LogP contribution in [0.25, 0.3) is 0 Å². The van der Waals surface area contributed by atoms with Crippen molar-refractivity contribution in [3.8, 4) is 0 Å². The van der Waals surface area contributed by atoms with Crippen molar-refractivity contribution in [2.45, 2.75) is 50.9 Å². The third-order valence-electron chi connectivity index (χ3n) is 4.33. The SMILES string of the molecule is O=C(O)CCCc1nc(C2CC3CCC2C3)no1. The maximum Gasteiger partial charge on any atom is 0.303 e. The number of aliphatic carboxylic acids is 1. The van der Waals surface area contributed by atoms with Gasteiger partial charge >= 0.3 is 5.97 Å². The number of rotatable bonds is 5. The van der Waals surface area contributed by atoms with E-state index in [2.05, 4.69) is 10.1 Å². The highest BCUT2D eigenvalue weighted by molar-refractivity contribution is 5.66. The fourth-order valence-electron chi connectivity index (χ4n) is 3.47. The molecule has 2 aliphatic carbocycles. The molecule has 0 amide bonds. The van der Waals surface area contributed by atoms with Gasteiger partial charge in [0.05, 0.1) is 0 Å². The van der Waals surface area contributed by atoms with Gasteiger partial charge in [-0.2, -0.15) is 4.98 Å². The molecule has 2 aliphatic rings. The molecule has 98 valence electrons. The summed E-state index contributed by atoms with van der Waals surface area (Å²) in [6.07, 6.45) is 6.49. The summed E-state index contributed by atoms with van der Waals surface area (Å²) < 4.78 is 5.21. The molecule has 3 rings (SSSR count). The summed E-state index contributed by atoms with van der Waals surface area (Å²) in [6.45, 7) is 0. The van der Waals surface area contributed by atoms with Gasteiger partial charge in [0, 0.05) is 18.8 Å². The summed E-state index contributed by atoms with van der Waals surface area (Å²) in [7, 11) is 0. The molecule has 1 heterocycles. The summed E-state index contributed by atoms with van der Waals surface area (Å²) >= 11 is 0. The minimum atomic E-state index is -0.775. The topological polar surface area (TPSA) is 76.2 Å². The summed E-state index contributed by atoms with van der Waals surface area (Å²) in [4.78, 5) is 14.9. The lowest BCUT2D eigenvalue weighted by Gasteiger charge is -2.17. The Hall–Kier alpha value is -1.39. The molecule has 5 heteroatoms. The molecule has 1 aromatic rings. The Morgan fingerprint density at radius 1 is 1.39 bits per heavy atom. The molecular formula is C13H18N2O3. The fraction of sp³-hybridized carbons (Fsp3) is 0.769. The van der Waals surface area contributed by atoms with Crippen LogP contribution in [0.5, 0.6) is 0 Å². The first-order chi connectivity index (χ1) is 8.72. The Morgan fingerprint density at radius 3 is 2.94 bits per heavy atom. The smallest absolute Gasteiger partial charge is 0.303 e. The molecule has 1 N–H and O–H groups in total. The molecule has 5 nitrogen and oxygen atoms in total. The van der Waals surface area contributed by atoms with Crippen molar-refractivity contribution in [1.29, 1.82) is 0 Å². The lowest BCUT2D eigenvalue weighted by molar-refractivity contribution is -0.137. The lowest BCUT2D eigenvalue weighted by atomic mass is 9.88. The van der Waals surface area contributed by atoms with Crippen molar-refractivity contribution in [3.63, 3.8) is 0 Å². The highest BCUT2D eigenvalue weighted by Crippen LogP contribution is 2.52. The van der Waals surface area contributed by atoms with Gasteiger partial charge in [-0.05, 0) is 37.5 Å². The van der Waals surface area contributed by atoms with Crippen LogP contribution in [0.15, 0.2) is 4.52 Å². The van der Waals surface area contributed by atoms with Crippen LogP contribution in [-0.4, -0.2) is 21.2 Å². The van der Waals surface area contributed by atoms with E-state index in [-0.39, 0.29) is 6.42 Å².